The highest BCUT2D eigenvalue weighted by molar-refractivity contribution is 5.83. The molecule has 0 saturated heterocycles. The molecule has 0 heterocycles. The van der Waals surface area contributed by atoms with Crippen LogP contribution in [-0.4, -0.2) is 35.0 Å². The lowest BCUT2D eigenvalue weighted by Gasteiger charge is -2.24. The quantitative estimate of drug-likeness (QED) is 0.808. The van der Waals surface area contributed by atoms with Gasteiger partial charge in [-0.25, -0.2) is 0 Å². The molecule has 1 N–H and O–H groups in total. The Balaban J connectivity index is 1.96. The molecule has 106 valence electrons. The summed E-state index contributed by atoms with van der Waals surface area (Å²) in [6.07, 6.45) is 6.10. The maximum absolute atomic E-state index is 12.3. The highest BCUT2D eigenvalue weighted by Gasteiger charge is 2.25. The monoisotopic (exact) mass is 273 g/mol. The minimum absolute atomic E-state index is 0.0478. The topological polar surface area (TPSA) is 57.6 Å². The van der Waals surface area contributed by atoms with Crippen LogP contribution in [0.5, 0.6) is 0 Å². The van der Waals surface area contributed by atoms with Gasteiger partial charge < -0.3 is 10.0 Å². The van der Waals surface area contributed by atoms with E-state index in [9.17, 15) is 9.59 Å². The van der Waals surface area contributed by atoms with Crippen LogP contribution in [0.1, 0.15) is 18.4 Å². The van der Waals surface area contributed by atoms with Gasteiger partial charge in [-0.05, 0) is 24.8 Å². The molecule has 0 saturated carbocycles. The van der Waals surface area contributed by atoms with E-state index in [1.54, 1.807) is 0 Å². The predicted octanol–water partition coefficient (Wildman–Crippen LogP) is 2.11. The molecule has 0 aromatic heterocycles. The maximum Gasteiger partial charge on any atom is 0.323 e. The van der Waals surface area contributed by atoms with E-state index in [1.807, 2.05) is 42.5 Å². The number of carboxylic acid groups (broad SMARTS) is 1. The number of benzene rings is 1. The third kappa shape index (κ3) is 3.95. The van der Waals surface area contributed by atoms with E-state index >= 15 is 0 Å². The van der Waals surface area contributed by atoms with Crippen molar-refractivity contribution in [2.75, 3.05) is 13.1 Å². The molecular formula is C16H19NO3. The van der Waals surface area contributed by atoms with Crippen LogP contribution in [0.15, 0.2) is 42.5 Å². The van der Waals surface area contributed by atoms with Gasteiger partial charge in [-0.1, -0.05) is 42.5 Å². The summed E-state index contributed by atoms with van der Waals surface area (Å²) in [6, 6.07) is 9.80. The van der Waals surface area contributed by atoms with Crippen LogP contribution >= 0.6 is 0 Å². The normalized spacial score (nSPS) is 14.4. The number of carbonyl (C=O) groups excluding carboxylic acids is 1. The van der Waals surface area contributed by atoms with Crippen molar-refractivity contribution in [2.45, 2.75) is 19.3 Å². The number of carboxylic acids is 1. The van der Waals surface area contributed by atoms with Gasteiger partial charge in [-0.15, -0.1) is 0 Å². The summed E-state index contributed by atoms with van der Waals surface area (Å²) >= 11 is 0. The van der Waals surface area contributed by atoms with E-state index < -0.39 is 5.97 Å². The summed E-state index contributed by atoms with van der Waals surface area (Å²) in [5.41, 5.74) is 1.11. The fourth-order valence-electron chi connectivity index (χ4n) is 2.42. The summed E-state index contributed by atoms with van der Waals surface area (Å²) in [6.45, 7) is 0.230. The van der Waals surface area contributed by atoms with Gasteiger partial charge in [-0.2, -0.15) is 0 Å². The van der Waals surface area contributed by atoms with Crippen molar-refractivity contribution in [3.8, 4) is 0 Å². The van der Waals surface area contributed by atoms with Gasteiger partial charge in [0.2, 0.25) is 5.91 Å². The van der Waals surface area contributed by atoms with Crippen LogP contribution in [-0.2, 0) is 16.0 Å². The van der Waals surface area contributed by atoms with Crippen LogP contribution in [0.3, 0.4) is 0 Å². The SMILES string of the molecule is O=C(O)CN(CCc1ccccc1)C(=O)C1CC=CC1. The maximum atomic E-state index is 12.3. The highest BCUT2D eigenvalue weighted by Crippen LogP contribution is 2.20. The number of hydrogen-bond acceptors (Lipinski definition) is 2. The fraction of sp³-hybridized carbons (Fsp3) is 0.375. The van der Waals surface area contributed by atoms with Crippen LogP contribution in [0.25, 0.3) is 0 Å². The molecule has 4 nitrogen and oxygen atoms in total. The van der Waals surface area contributed by atoms with Gasteiger partial charge in [0.1, 0.15) is 6.54 Å². The number of rotatable bonds is 6. The van der Waals surface area contributed by atoms with Crippen LogP contribution in [0.2, 0.25) is 0 Å². The van der Waals surface area contributed by atoms with E-state index in [0.717, 1.165) is 18.4 Å². The van der Waals surface area contributed by atoms with Crippen molar-refractivity contribution in [1.29, 1.82) is 0 Å². The van der Waals surface area contributed by atoms with E-state index in [-0.39, 0.29) is 18.4 Å². The molecule has 0 spiro atoms. The summed E-state index contributed by atoms with van der Waals surface area (Å²) in [4.78, 5) is 24.7. The fourth-order valence-corrected chi connectivity index (χ4v) is 2.42. The van der Waals surface area contributed by atoms with E-state index in [4.69, 9.17) is 5.11 Å². The Morgan fingerprint density at radius 1 is 1.15 bits per heavy atom. The lowest BCUT2D eigenvalue weighted by atomic mass is 10.0. The Kier molecular flexibility index (Phi) is 4.93. The lowest BCUT2D eigenvalue weighted by molar-refractivity contribution is -0.146. The largest absolute Gasteiger partial charge is 0.480 e. The average Bonchev–Trinajstić information content (AvgIpc) is 2.97. The number of amides is 1. The molecule has 0 radical (unpaired) electrons. The first-order valence-electron chi connectivity index (χ1n) is 6.86. The zero-order valence-electron chi connectivity index (χ0n) is 11.4. The minimum Gasteiger partial charge on any atom is -0.480 e. The molecule has 1 aromatic rings. The zero-order chi connectivity index (χ0) is 14.4. The smallest absolute Gasteiger partial charge is 0.323 e. The lowest BCUT2D eigenvalue weighted by Crippen LogP contribution is -2.40. The number of nitrogens with zero attached hydrogens (tertiary/aromatic N) is 1. The van der Waals surface area contributed by atoms with E-state index in [2.05, 4.69) is 0 Å². The number of hydrogen-bond donors (Lipinski definition) is 1. The molecule has 2 rings (SSSR count). The molecule has 1 amide bonds. The van der Waals surface area contributed by atoms with Gasteiger partial charge in [0, 0.05) is 12.5 Å². The Bertz CT molecular complexity index is 488. The van der Waals surface area contributed by atoms with Gasteiger partial charge in [-0.3, -0.25) is 9.59 Å². The Morgan fingerprint density at radius 2 is 1.80 bits per heavy atom. The second-order valence-corrected chi connectivity index (χ2v) is 5.03. The molecule has 0 fully saturated rings. The van der Waals surface area contributed by atoms with Gasteiger partial charge >= 0.3 is 5.97 Å². The second-order valence-electron chi connectivity index (χ2n) is 5.03. The molecule has 0 atom stereocenters. The first-order chi connectivity index (χ1) is 9.66. The van der Waals surface area contributed by atoms with Crippen molar-refractivity contribution >= 4 is 11.9 Å². The summed E-state index contributed by atoms with van der Waals surface area (Å²) < 4.78 is 0. The van der Waals surface area contributed by atoms with E-state index in [1.165, 1.54) is 4.90 Å². The molecule has 1 aliphatic rings. The Hall–Kier alpha value is -2.10. The molecule has 20 heavy (non-hydrogen) atoms. The molecule has 0 bridgehead atoms. The number of carbonyl (C=O) groups is 2. The molecule has 1 aromatic carbocycles. The minimum atomic E-state index is -0.961. The van der Waals surface area contributed by atoms with Gasteiger partial charge in [0.25, 0.3) is 0 Å². The third-order valence-electron chi connectivity index (χ3n) is 3.51. The number of aliphatic carboxylic acids is 1. The van der Waals surface area contributed by atoms with Crippen LogP contribution in [0, 0.1) is 5.92 Å². The predicted molar refractivity (Wildman–Crippen MR) is 76.2 cm³/mol. The number of allylic oxidation sites excluding steroid dienone is 2. The highest BCUT2D eigenvalue weighted by atomic mass is 16.4. The van der Waals surface area contributed by atoms with Crippen molar-refractivity contribution < 1.29 is 14.7 Å². The third-order valence-corrected chi connectivity index (χ3v) is 3.51. The van der Waals surface area contributed by atoms with E-state index in [0.29, 0.717) is 13.0 Å². The summed E-state index contributed by atoms with van der Waals surface area (Å²) in [7, 11) is 0. The Labute approximate surface area is 118 Å². The summed E-state index contributed by atoms with van der Waals surface area (Å²) in [5.74, 6) is -1.09. The first kappa shape index (κ1) is 14.3. The second kappa shape index (κ2) is 6.89. The molecule has 0 unspecified atom stereocenters. The Morgan fingerprint density at radius 3 is 2.40 bits per heavy atom. The van der Waals surface area contributed by atoms with Crippen molar-refractivity contribution in [3.63, 3.8) is 0 Å². The first-order valence-corrected chi connectivity index (χ1v) is 6.86. The molecule has 0 aliphatic heterocycles. The standard InChI is InChI=1S/C16H19NO3/c18-15(19)12-17(16(20)14-8-4-5-9-14)11-10-13-6-2-1-3-7-13/h1-7,14H,8-12H2,(H,18,19). The van der Waals surface area contributed by atoms with Crippen molar-refractivity contribution in [1.82, 2.24) is 4.90 Å². The molecule has 1 aliphatic carbocycles. The summed E-state index contributed by atoms with van der Waals surface area (Å²) in [5, 5.41) is 8.96. The van der Waals surface area contributed by atoms with Crippen molar-refractivity contribution in [3.05, 3.63) is 48.0 Å². The average molecular weight is 273 g/mol. The molecular weight excluding hydrogens is 254 g/mol. The van der Waals surface area contributed by atoms with Gasteiger partial charge in [0.15, 0.2) is 0 Å². The van der Waals surface area contributed by atoms with Crippen LogP contribution in [0.4, 0.5) is 0 Å². The van der Waals surface area contributed by atoms with Gasteiger partial charge in [0.05, 0.1) is 0 Å². The zero-order valence-corrected chi connectivity index (χ0v) is 11.4. The van der Waals surface area contributed by atoms with Crippen LogP contribution < -0.4 is 0 Å². The van der Waals surface area contributed by atoms with Crippen molar-refractivity contribution in [2.24, 2.45) is 5.92 Å². The molecule has 4 heteroatoms.